The highest BCUT2D eigenvalue weighted by molar-refractivity contribution is 7.11. The van der Waals surface area contributed by atoms with E-state index < -0.39 is 12.0 Å². The number of benzene rings is 1. The van der Waals surface area contributed by atoms with Gasteiger partial charge in [-0.25, -0.2) is 14.3 Å². The molecule has 0 bridgehead atoms. The molecule has 0 atom stereocenters. The fourth-order valence-electron chi connectivity index (χ4n) is 3.92. The third-order valence-corrected chi connectivity index (χ3v) is 6.46. The molecular formula is C24H30N6O4S. The lowest BCUT2D eigenvalue weighted by molar-refractivity contribution is 0.0596. The number of aromatic nitrogens is 3. The quantitative estimate of drug-likeness (QED) is 0.306. The zero-order valence-corrected chi connectivity index (χ0v) is 20.6. The first-order valence-corrected chi connectivity index (χ1v) is 12.5. The van der Waals surface area contributed by atoms with E-state index in [1.807, 2.05) is 36.5 Å². The van der Waals surface area contributed by atoms with E-state index in [0.717, 1.165) is 42.2 Å². The van der Waals surface area contributed by atoms with Crippen molar-refractivity contribution in [3.8, 4) is 11.6 Å². The summed E-state index contributed by atoms with van der Waals surface area (Å²) < 4.78 is 16.7. The lowest BCUT2D eigenvalue weighted by Crippen LogP contribution is -2.30. The van der Waals surface area contributed by atoms with E-state index in [2.05, 4.69) is 25.0 Å². The van der Waals surface area contributed by atoms with Gasteiger partial charge < -0.3 is 19.7 Å². The highest BCUT2D eigenvalue weighted by Crippen LogP contribution is 2.32. The fourth-order valence-corrected chi connectivity index (χ4v) is 4.64. The number of nitrogens with one attached hydrogen (secondary N) is 2. The third-order valence-electron chi connectivity index (χ3n) is 5.72. The molecule has 1 saturated heterocycles. The molecule has 2 N–H and O–H groups in total. The first kappa shape index (κ1) is 24.7. The summed E-state index contributed by atoms with van der Waals surface area (Å²) in [7, 11) is 1.28. The zero-order chi connectivity index (χ0) is 24.5. The lowest BCUT2D eigenvalue weighted by atomic mass is 10.2. The summed E-state index contributed by atoms with van der Waals surface area (Å²) in [6.07, 6.45) is 8.05. The van der Waals surface area contributed by atoms with Crippen LogP contribution in [0.15, 0.2) is 42.7 Å². The molecule has 1 aliphatic heterocycles. The van der Waals surface area contributed by atoms with Crippen LogP contribution in [0.25, 0.3) is 5.69 Å². The Morgan fingerprint density at radius 2 is 2.03 bits per heavy atom. The van der Waals surface area contributed by atoms with Gasteiger partial charge in [-0.1, -0.05) is 12.1 Å². The number of unbranched alkanes of at least 4 members (excludes halogenated alkanes) is 1. The van der Waals surface area contributed by atoms with Crippen molar-refractivity contribution in [1.82, 2.24) is 24.4 Å². The Morgan fingerprint density at radius 1 is 1.17 bits per heavy atom. The molecule has 0 aliphatic carbocycles. The molecular weight excluding hydrogens is 468 g/mol. The summed E-state index contributed by atoms with van der Waals surface area (Å²) in [6.45, 7) is 4.16. The van der Waals surface area contributed by atoms with Gasteiger partial charge in [0, 0.05) is 18.9 Å². The van der Waals surface area contributed by atoms with Crippen molar-refractivity contribution < 1.29 is 19.1 Å². The second-order valence-corrected chi connectivity index (χ2v) is 9.00. The van der Waals surface area contributed by atoms with Gasteiger partial charge in [-0.3, -0.25) is 5.32 Å². The molecule has 1 fully saturated rings. The summed E-state index contributed by atoms with van der Waals surface area (Å²) in [4.78, 5) is 27.3. The average Bonchev–Trinajstić information content (AvgIpc) is 3.65. The predicted molar refractivity (Wildman–Crippen MR) is 133 cm³/mol. The average molecular weight is 499 g/mol. The number of esters is 1. The molecule has 0 spiro atoms. The highest BCUT2D eigenvalue weighted by atomic mass is 32.1. The van der Waals surface area contributed by atoms with Gasteiger partial charge >= 0.3 is 12.0 Å². The van der Waals surface area contributed by atoms with Crippen LogP contribution in [0.3, 0.4) is 0 Å². The topological polar surface area (TPSA) is 111 Å². The molecule has 2 aromatic heterocycles. The largest absolute Gasteiger partial charge is 0.472 e. The lowest BCUT2D eigenvalue weighted by Gasteiger charge is -2.14. The fraction of sp³-hybridized carbons (Fsp3) is 0.417. The second kappa shape index (κ2) is 12.3. The van der Waals surface area contributed by atoms with Gasteiger partial charge in [0.25, 0.3) is 0 Å². The third kappa shape index (κ3) is 6.80. The number of nitrogens with zero attached hydrogens (tertiary/aromatic N) is 4. The van der Waals surface area contributed by atoms with Crippen LogP contribution in [-0.4, -0.2) is 64.3 Å². The van der Waals surface area contributed by atoms with Crippen molar-refractivity contribution in [3.63, 3.8) is 0 Å². The maximum absolute atomic E-state index is 12.4. The van der Waals surface area contributed by atoms with Gasteiger partial charge in [-0.15, -0.1) is 0 Å². The van der Waals surface area contributed by atoms with Gasteiger partial charge in [-0.05, 0) is 80.6 Å². The number of hydrogen-bond acceptors (Lipinski definition) is 8. The minimum absolute atomic E-state index is 0.102. The van der Waals surface area contributed by atoms with E-state index in [4.69, 9.17) is 9.47 Å². The molecule has 1 aromatic carbocycles. The molecule has 186 valence electrons. The van der Waals surface area contributed by atoms with Gasteiger partial charge in [0.15, 0.2) is 5.56 Å². The number of likely N-dealkylation sites (tertiary alicyclic amines) is 1. The predicted octanol–water partition coefficient (Wildman–Crippen LogP) is 3.69. The standard InChI is InChI=1S/C24H30N6O4S/c1-33-23(31)20-21(34-17-18-8-6-9-19(16-18)30-15-7-11-26-30)28-35-22(20)27-24(32)25-10-2-3-12-29-13-4-5-14-29/h6-9,11,15-16H,2-5,10,12-14,17H2,1H3,(H2,25,27,32). The minimum Gasteiger partial charge on any atom is -0.472 e. The van der Waals surface area contributed by atoms with Gasteiger partial charge in [0.2, 0.25) is 5.88 Å². The smallest absolute Gasteiger partial charge is 0.346 e. The number of carbonyl (C=O) groups is 2. The van der Waals surface area contributed by atoms with Crippen molar-refractivity contribution in [3.05, 3.63) is 53.9 Å². The van der Waals surface area contributed by atoms with Gasteiger partial charge in [0.05, 0.1) is 12.8 Å². The molecule has 0 saturated carbocycles. The van der Waals surface area contributed by atoms with E-state index in [9.17, 15) is 9.59 Å². The maximum Gasteiger partial charge on any atom is 0.346 e. The van der Waals surface area contributed by atoms with Gasteiger partial charge in [0.1, 0.15) is 11.6 Å². The van der Waals surface area contributed by atoms with Gasteiger partial charge in [-0.2, -0.15) is 9.47 Å². The SMILES string of the molecule is COC(=O)c1c(OCc2cccc(-n3cccn3)c2)nsc1NC(=O)NCCCCN1CCCC1. The van der Waals surface area contributed by atoms with Crippen LogP contribution in [-0.2, 0) is 11.3 Å². The molecule has 0 radical (unpaired) electrons. The minimum atomic E-state index is -0.625. The normalized spacial score (nSPS) is 13.5. The Labute approximate surface area is 208 Å². The van der Waals surface area contributed by atoms with Crippen molar-refractivity contribution >= 4 is 28.5 Å². The Morgan fingerprint density at radius 3 is 2.80 bits per heavy atom. The van der Waals surface area contributed by atoms with Crippen LogP contribution < -0.4 is 15.4 Å². The number of rotatable bonds is 11. The summed E-state index contributed by atoms with van der Waals surface area (Å²) in [6, 6.07) is 9.15. The van der Waals surface area contributed by atoms with E-state index in [1.165, 1.54) is 33.0 Å². The van der Waals surface area contributed by atoms with Crippen molar-refractivity contribution in [1.29, 1.82) is 0 Å². The number of carbonyl (C=O) groups excluding carboxylic acids is 2. The molecule has 3 heterocycles. The van der Waals surface area contributed by atoms with E-state index in [1.54, 1.807) is 10.9 Å². The monoisotopic (exact) mass is 498 g/mol. The van der Waals surface area contributed by atoms with Crippen LogP contribution >= 0.6 is 11.5 Å². The van der Waals surface area contributed by atoms with Crippen molar-refractivity contribution in [2.24, 2.45) is 0 Å². The number of anilines is 1. The van der Waals surface area contributed by atoms with Crippen molar-refractivity contribution in [2.45, 2.75) is 32.3 Å². The van der Waals surface area contributed by atoms with Crippen LogP contribution in [0.2, 0.25) is 0 Å². The molecule has 10 nitrogen and oxygen atoms in total. The Hall–Kier alpha value is -3.44. The number of ether oxygens (including phenoxy) is 2. The Kier molecular flexibility index (Phi) is 8.68. The number of amides is 2. The number of hydrogen-bond donors (Lipinski definition) is 2. The van der Waals surface area contributed by atoms with Crippen molar-refractivity contribution in [2.75, 3.05) is 38.6 Å². The Bertz CT molecular complexity index is 1110. The summed E-state index contributed by atoms with van der Waals surface area (Å²) >= 11 is 0.976. The molecule has 35 heavy (non-hydrogen) atoms. The number of methoxy groups -OCH3 is 1. The zero-order valence-electron chi connectivity index (χ0n) is 19.7. The summed E-state index contributed by atoms with van der Waals surface area (Å²) in [5, 5.41) is 10.1. The van der Waals surface area contributed by atoms with E-state index >= 15 is 0 Å². The Balaban J connectivity index is 1.31. The summed E-state index contributed by atoms with van der Waals surface area (Å²) in [5.74, 6) is -0.507. The van der Waals surface area contributed by atoms with Crippen LogP contribution in [0, 0.1) is 0 Å². The summed E-state index contributed by atoms with van der Waals surface area (Å²) in [5.41, 5.74) is 1.87. The molecule has 11 heteroatoms. The molecule has 1 aliphatic rings. The van der Waals surface area contributed by atoms with E-state index in [-0.39, 0.29) is 23.1 Å². The molecule has 0 unspecified atom stereocenters. The van der Waals surface area contributed by atoms with E-state index in [0.29, 0.717) is 6.54 Å². The molecule has 4 rings (SSSR count). The van der Waals surface area contributed by atoms with Crippen LogP contribution in [0.4, 0.5) is 9.80 Å². The first-order valence-electron chi connectivity index (χ1n) is 11.7. The number of urea groups is 1. The highest BCUT2D eigenvalue weighted by Gasteiger charge is 2.24. The first-order chi connectivity index (χ1) is 17.1. The maximum atomic E-state index is 12.4. The molecule has 2 amide bonds. The second-order valence-electron chi connectivity index (χ2n) is 8.23. The molecule has 3 aromatic rings. The van der Waals surface area contributed by atoms with Crippen LogP contribution in [0.5, 0.6) is 5.88 Å². The van der Waals surface area contributed by atoms with Crippen LogP contribution in [0.1, 0.15) is 41.6 Å².